The van der Waals surface area contributed by atoms with E-state index in [0.29, 0.717) is 30.1 Å². The minimum atomic E-state index is -0.542. The minimum Gasteiger partial charge on any atom is -0.459 e. The highest BCUT2D eigenvalue weighted by atomic mass is 16.6. The van der Waals surface area contributed by atoms with Crippen LogP contribution in [0.15, 0.2) is 0 Å². The predicted octanol–water partition coefficient (Wildman–Crippen LogP) is 7.87. The first-order valence-corrected chi connectivity index (χ1v) is 20.1. The Morgan fingerprint density at radius 3 is 1.98 bits per heavy atom. The third-order valence-electron chi connectivity index (χ3n) is 13.9. The molecule has 9 atom stereocenters. The lowest BCUT2D eigenvalue weighted by Gasteiger charge is -2.59. The van der Waals surface area contributed by atoms with E-state index in [1.807, 2.05) is 48.5 Å². The van der Waals surface area contributed by atoms with Crippen LogP contribution in [0, 0.1) is 46.8 Å². The van der Waals surface area contributed by atoms with Crippen molar-refractivity contribution in [3.63, 3.8) is 0 Å². The Kier molecular flexibility index (Phi) is 11.8. The summed E-state index contributed by atoms with van der Waals surface area (Å²) in [5.41, 5.74) is -1.44. The average molecular weight is 703 g/mol. The van der Waals surface area contributed by atoms with Crippen LogP contribution in [-0.2, 0) is 38.1 Å². The van der Waals surface area contributed by atoms with E-state index in [-0.39, 0.29) is 65.0 Å². The van der Waals surface area contributed by atoms with Crippen LogP contribution in [0.1, 0.15) is 158 Å². The molecule has 8 aliphatic rings. The first-order chi connectivity index (χ1) is 23.5. The number of hydrogen-bond acceptors (Lipinski definition) is 9. The number of carbonyl (C=O) groups is 4. The molecule has 8 rings (SSSR count). The highest BCUT2D eigenvalue weighted by Crippen LogP contribution is 2.59. The summed E-state index contributed by atoms with van der Waals surface area (Å²) in [5, 5.41) is 10.6. The topological polar surface area (TPSA) is 125 Å². The van der Waals surface area contributed by atoms with Crippen molar-refractivity contribution in [2.24, 2.45) is 46.8 Å². The molecule has 0 radical (unpaired) electrons. The third kappa shape index (κ3) is 8.07. The van der Waals surface area contributed by atoms with E-state index in [1.54, 1.807) is 0 Å². The molecule has 50 heavy (non-hydrogen) atoms. The van der Waals surface area contributed by atoms with E-state index in [0.717, 1.165) is 77.0 Å². The van der Waals surface area contributed by atoms with Crippen LogP contribution >= 0.6 is 0 Å². The Labute approximate surface area is 300 Å². The lowest BCUT2D eigenvalue weighted by atomic mass is 9.52. The molecular formula is C41H66O9. The molecular weight excluding hydrogens is 636 g/mol. The summed E-state index contributed by atoms with van der Waals surface area (Å²) >= 11 is 0. The molecule has 9 nitrogen and oxygen atoms in total. The van der Waals surface area contributed by atoms with Gasteiger partial charge in [-0.2, -0.15) is 0 Å². The van der Waals surface area contributed by atoms with Gasteiger partial charge in [0.15, 0.2) is 0 Å². The van der Waals surface area contributed by atoms with E-state index in [4.69, 9.17) is 18.9 Å². The van der Waals surface area contributed by atoms with Gasteiger partial charge in [-0.15, -0.1) is 0 Å². The van der Waals surface area contributed by atoms with Crippen molar-refractivity contribution in [3.05, 3.63) is 0 Å². The van der Waals surface area contributed by atoms with Crippen LogP contribution in [0.2, 0.25) is 0 Å². The monoisotopic (exact) mass is 702 g/mol. The van der Waals surface area contributed by atoms with Crippen LogP contribution in [0.4, 0.5) is 0 Å². The van der Waals surface area contributed by atoms with Crippen molar-refractivity contribution in [1.82, 2.24) is 0 Å². The Bertz CT molecular complexity index is 1240. The molecule has 1 heterocycles. The highest BCUT2D eigenvalue weighted by Gasteiger charge is 2.63. The van der Waals surface area contributed by atoms with E-state index in [9.17, 15) is 24.3 Å². The molecule has 0 amide bonds. The SMILES string of the molecule is CCC(C)(C)C(=O)OC1C2CC3C(=O)OC1C3C2.CCC(C)C(=O)OC1(CC)CCCC1.CCC(C)C(=O)OC12CC3CC(CC(O)(C3)C1)C2. The molecule has 1 saturated heterocycles. The Hall–Kier alpha value is -2.16. The van der Waals surface area contributed by atoms with Gasteiger partial charge in [0.1, 0.15) is 23.4 Å². The zero-order chi connectivity index (χ0) is 36.6. The quantitative estimate of drug-likeness (QED) is 0.179. The number of carbonyl (C=O) groups excluding carboxylic acids is 4. The lowest BCUT2D eigenvalue weighted by molar-refractivity contribution is -0.222. The Morgan fingerprint density at radius 2 is 1.46 bits per heavy atom. The van der Waals surface area contributed by atoms with Crippen molar-refractivity contribution in [3.8, 4) is 0 Å². The molecule has 284 valence electrons. The van der Waals surface area contributed by atoms with E-state index in [1.165, 1.54) is 19.3 Å². The molecule has 9 heteroatoms. The van der Waals surface area contributed by atoms with Gasteiger partial charge in [-0.25, -0.2) is 0 Å². The van der Waals surface area contributed by atoms with Crippen LogP contribution < -0.4 is 0 Å². The molecule has 7 saturated carbocycles. The molecule has 1 aliphatic heterocycles. The van der Waals surface area contributed by atoms with Gasteiger partial charge in [-0.1, -0.05) is 41.5 Å². The van der Waals surface area contributed by atoms with Crippen LogP contribution in [-0.4, -0.2) is 58.0 Å². The first-order valence-electron chi connectivity index (χ1n) is 20.1. The fraction of sp³-hybridized carbons (Fsp3) is 0.902. The van der Waals surface area contributed by atoms with Crippen LogP contribution in [0.3, 0.4) is 0 Å². The smallest absolute Gasteiger partial charge is 0.311 e. The first kappa shape index (κ1) is 39.1. The number of aliphatic hydroxyl groups is 1. The number of esters is 4. The molecule has 8 fully saturated rings. The van der Waals surface area contributed by atoms with Gasteiger partial charge in [-0.05, 0) is 122 Å². The van der Waals surface area contributed by atoms with Crippen molar-refractivity contribution in [2.45, 2.75) is 187 Å². The van der Waals surface area contributed by atoms with Crippen LogP contribution in [0.25, 0.3) is 0 Å². The third-order valence-corrected chi connectivity index (χ3v) is 13.9. The minimum absolute atomic E-state index is 0.00347. The van der Waals surface area contributed by atoms with E-state index in [2.05, 4.69) is 6.92 Å². The van der Waals surface area contributed by atoms with Crippen molar-refractivity contribution >= 4 is 23.9 Å². The largest absolute Gasteiger partial charge is 0.459 e. The lowest BCUT2D eigenvalue weighted by Crippen LogP contribution is -2.60. The van der Waals surface area contributed by atoms with Gasteiger partial charge >= 0.3 is 23.9 Å². The molecule has 0 aromatic rings. The van der Waals surface area contributed by atoms with Crippen molar-refractivity contribution in [2.75, 3.05) is 0 Å². The van der Waals surface area contributed by atoms with E-state index < -0.39 is 11.0 Å². The summed E-state index contributed by atoms with van der Waals surface area (Å²) in [6.07, 6.45) is 15.1. The fourth-order valence-electron chi connectivity index (χ4n) is 10.3. The summed E-state index contributed by atoms with van der Waals surface area (Å²) < 4.78 is 22.6. The van der Waals surface area contributed by atoms with Gasteiger partial charge < -0.3 is 24.1 Å². The normalized spacial score (nSPS) is 37.9. The second kappa shape index (κ2) is 15.1. The summed E-state index contributed by atoms with van der Waals surface area (Å²) in [7, 11) is 0. The predicted molar refractivity (Wildman–Crippen MR) is 188 cm³/mol. The maximum atomic E-state index is 12.1. The summed E-state index contributed by atoms with van der Waals surface area (Å²) in [6, 6.07) is 0. The van der Waals surface area contributed by atoms with Gasteiger partial charge in [0.25, 0.3) is 0 Å². The van der Waals surface area contributed by atoms with Gasteiger partial charge in [0.05, 0.1) is 28.8 Å². The molecule has 6 bridgehead atoms. The summed E-state index contributed by atoms with van der Waals surface area (Å²) in [5.74, 6) is 1.56. The summed E-state index contributed by atoms with van der Waals surface area (Å²) in [4.78, 5) is 47.5. The molecule has 1 N–H and O–H groups in total. The number of hydrogen-bond donors (Lipinski definition) is 1. The molecule has 0 spiro atoms. The van der Waals surface area contributed by atoms with Gasteiger partial charge in [0, 0.05) is 18.3 Å². The van der Waals surface area contributed by atoms with Crippen molar-refractivity contribution < 1.29 is 43.2 Å². The second-order valence-electron chi connectivity index (χ2n) is 18.1. The fourth-order valence-corrected chi connectivity index (χ4v) is 10.3. The van der Waals surface area contributed by atoms with Crippen molar-refractivity contribution in [1.29, 1.82) is 0 Å². The average Bonchev–Trinajstić information content (AvgIpc) is 3.83. The second-order valence-corrected chi connectivity index (χ2v) is 18.1. The van der Waals surface area contributed by atoms with Crippen LogP contribution in [0.5, 0.6) is 0 Å². The van der Waals surface area contributed by atoms with Gasteiger partial charge in [-0.3, -0.25) is 19.2 Å². The summed E-state index contributed by atoms with van der Waals surface area (Å²) in [6.45, 7) is 15.8. The molecule has 0 aromatic heterocycles. The molecule has 7 aliphatic carbocycles. The highest BCUT2D eigenvalue weighted by molar-refractivity contribution is 5.78. The molecule has 0 aromatic carbocycles. The van der Waals surface area contributed by atoms with E-state index >= 15 is 0 Å². The Morgan fingerprint density at radius 1 is 0.880 bits per heavy atom. The number of ether oxygens (including phenoxy) is 4. The zero-order valence-corrected chi connectivity index (χ0v) is 32.2. The maximum Gasteiger partial charge on any atom is 0.311 e. The number of fused-ring (bicyclic) bond motifs is 1. The zero-order valence-electron chi connectivity index (χ0n) is 32.2. The standard InChI is InChI=1S/C15H24O3.C14H20O4.C12H22O2/c1-3-10(2)13(16)18-15-7-11-4-12(8-15)6-14(17,5-11)9-15;1-4-14(2,3)13(16)18-10-7-5-8-9(6-7)12(15)17-11(8)10;1-4-10(3)11(13)14-12(5-2)8-6-7-9-12/h10-12,17H,3-9H2,1-2H3;7-11H,4-6H2,1-3H3;10H,4-9H2,1-3H3. The molecule has 9 unspecified atom stereocenters. The maximum absolute atomic E-state index is 12.1. The van der Waals surface area contributed by atoms with Gasteiger partial charge in [0.2, 0.25) is 0 Å². The Balaban J connectivity index is 0.000000147. The number of rotatable bonds is 10.